The maximum Gasteiger partial charge on any atom is 0.307 e. The molecule has 0 fully saturated rings. The summed E-state index contributed by atoms with van der Waals surface area (Å²) in [6, 6.07) is 7.66. The van der Waals surface area contributed by atoms with Crippen LogP contribution in [0.25, 0.3) is 0 Å². The van der Waals surface area contributed by atoms with Crippen LogP contribution in [-0.4, -0.2) is 16.8 Å². The van der Waals surface area contributed by atoms with Crippen LogP contribution in [0.4, 0.5) is 0 Å². The molecule has 1 N–H and O–H groups in total. The lowest BCUT2D eigenvalue weighted by Gasteiger charge is -1.99. The Hall–Kier alpha value is -0.960. The third kappa shape index (κ3) is 6.18. The summed E-state index contributed by atoms with van der Waals surface area (Å²) in [5.41, 5.74) is 0.855. The van der Waals surface area contributed by atoms with E-state index in [1.54, 1.807) is 11.8 Å². The number of benzene rings is 1. The van der Waals surface area contributed by atoms with Crippen molar-refractivity contribution in [2.45, 2.75) is 32.1 Å². The first-order valence-corrected chi connectivity index (χ1v) is 6.14. The van der Waals surface area contributed by atoms with Gasteiger partial charge in [-0.1, -0.05) is 32.9 Å². The first kappa shape index (κ1) is 14.0. The van der Waals surface area contributed by atoms with Gasteiger partial charge in [0.25, 0.3) is 0 Å². The number of carboxylic acid groups (broad SMARTS) is 1. The second-order valence-electron chi connectivity index (χ2n) is 2.65. The van der Waals surface area contributed by atoms with Crippen LogP contribution < -0.4 is 0 Å². The molecule has 15 heavy (non-hydrogen) atoms. The molecule has 2 nitrogen and oxygen atoms in total. The fourth-order valence-corrected chi connectivity index (χ4v) is 1.71. The zero-order chi connectivity index (χ0) is 11.7. The molecule has 3 heteroatoms. The van der Waals surface area contributed by atoms with E-state index in [1.807, 2.05) is 38.1 Å². The zero-order valence-electron chi connectivity index (χ0n) is 9.49. The highest BCUT2D eigenvalue weighted by molar-refractivity contribution is 7.99. The lowest BCUT2D eigenvalue weighted by atomic mass is 10.2. The van der Waals surface area contributed by atoms with Crippen LogP contribution >= 0.6 is 11.8 Å². The molecule has 0 atom stereocenters. The fourth-order valence-electron chi connectivity index (χ4n) is 1.04. The summed E-state index contributed by atoms with van der Waals surface area (Å²) in [5, 5.41) is 8.53. The van der Waals surface area contributed by atoms with Gasteiger partial charge >= 0.3 is 5.97 Å². The van der Waals surface area contributed by atoms with E-state index in [-0.39, 0.29) is 6.42 Å². The van der Waals surface area contributed by atoms with Crippen LogP contribution in [0.5, 0.6) is 0 Å². The molecule has 0 aliphatic carbocycles. The maximum atomic E-state index is 10.4. The van der Waals surface area contributed by atoms with Crippen molar-refractivity contribution in [3.8, 4) is 0 Å². The Labute approximate surface area is 95.7 Å². The number of rotatable bonds is 4. The minimum absolute atomic E-state index is 0.108. The van der Waals surface area contributed by atoms with Crippen molar-refractivity contribution in [2.24, 2.45) is 0 Å². The van der Waals surface area contributed by atoms with E-state index in [0.717, 1.165) is 11.3 Å². The Balaban J connectivity index is 0.000000921. The summed E-state index contributed by atoms with van der Waals surface area (Å²) in [6.45, 7) is 6.09. The number of aliphatic carboxylic acids is 1. The second-order valence-corrected chi connectivity index (χ2v) is 3.98. The van der Waals surface area contributed by atoms with Crippen molar-refractivity contribution < 1.29 is 9.90 Å². The molecule has 0 saturated carbocycles. The smallest absolute Gasteiger partial charge is 0.307 e. The highest BCUT2D eigenvalue weighted by Gasteiger charge is 1.99. The molecule has 0 radical (unpaired) electrons. The number of hydrogen-bond acceptors (Lipinski definition) is 2. The molecule has 0 bridgehead atoms. The Bertz CT molecular complexity index is 280. The van der Waals surface area contributed by atoms with Gasteiger partial charge in [-0.2, -0.15) is 0 Å². The van der Waals surface area contributed by atoms with Crippen LogP contribution in [0.1, 0.15) is 26.3 Å². The Morgan fingerprint density at radius 1 is 1.27 bits per heavy atom. The summed E-state index contributed by atoms with van der Waals surface area (Å²) in [5.74, 6) is 0.258. The molecule has 1 rings (SSSR count). The maximum absolute atomic E-state index is 10.4. The van der Waals surface area contributed by atoms with Gasteiger partial charge in [0.15, 0.2) is 0 Å². The van der Waals surface area contributed by atoms with Gasteiger partial charge in [0.05, 0.1) is 6.42 Å². The molecular formula is C12H18O2S. The minimum atomic E-state index is -0.782. The molecule has 0 spiro atoms. The SMILES string of the molecule is CC.CCSc1ccc(CC(=O)O)cc1. The van der Waals surface area contributed by atoms with E-state index in [9.17, 15) is 4.79 Å². The van der Waals surface area contributed by atoms with Crippen LogP contribution in [0, 0.1) is 0 Å². The van der Waals surface area contributed by atoms with Crippen molar-refractivity contribution >= 4 is 17.7 Å². The van der Waals surface area contributed by atoms with Crippen molar-refractivity contribution in [3.63, 3.8) is 0 Å². The highest BCUT2D eigenvalue weighted by Crippen LogP contribution is 2.17. The molecule has 0 saturated heterocycles. The number of thioether (sulfide) groups is 1. The van der Waals surface area contributed by atoms with Crippen molar-refractivity contribution in [1.29, 1.82) is 0 Å². The lowest BCUT2D eigenvalue weighted by Crippen LogP contribution is -1.99. The van der Waals surface area contributed by atoms with Gasteiger partial charge in [-0.25, -0.2) is 0 Å². The van der Waals surface area contributed by atoms with E-state index < -0.39 is 5.97 Å². The number of hydrogen-bond donors (Lipinski definition) is 1. The average Bonchev–Trinajstić information content (AvgIpc) is 2.24. The largest absolute Gasteiger partial charge is 0.481 e. The Morgan fingerprint density at radius 2 is 1.80 bits per heavy atom. The highest BCUT2D eigenvalue weighted by atomic mass is 32.2. The Kier molecular flexibility index (Phi) is 7.82. The predicted octanol–water partition coefficient (Wildman–Crippen LogP) is 3.45. The molecule has 0 amide bonds. The van der Waals surface area contributed by atoms with E-state index in [2.05, 4.69) is 6.92 Å². The van der Waals surface area contributed by atoms with Gasteiger partial charge in [-0.15, -0.1) is 11.8 Å². The molecule has 0 unspecified atom stereocenters. The third-order valence-electron chi connectivity index (χ3n) is 1.59. The summed E-state index contributed by atoms with van der Waals surface area (Å²) in [7, 11) is 0. The standard InChI is InChI=1S/C10H12O2S.C2H6/c1-2-13-9-5-3-8(4-6-9)7-10(11)12;1-2/h3-6H,2,7H2,1H3,(H,11,12);1-2H3. The lowest BCUT2D eigenvalue weighted by molar-refractivity contribution is -0.136. The van der Waals surface area contributed by atoms with Gasteiger partial charge in [-0.3, -0.25) is 4.79 Å². The van der Waals surface area contributed by atoms with Crippen molar-refractivity contribution in [2.75, 3.05) is 5.75 Å². The first-order valence-electron chi connectivity index (χ1n) is 5.16. The summed E-state index contributed by atoms with van der Waals surface area (Å²) >= 11 is 1.76. The monoisotopic (exact) mass is 226 g/mol. The number of carboxylic acids is 1. The minimum Gasteiger partial charge on any atom is -0.481 e. The molecule has 0 aliphatic heterocycles. The summed E-state index contributed by atoms with van der Waals surface area (Å²) in [6.07, 6.45) is 0.108. The fraction of sp³-hybridized carbons (Fsp3) is 0.417. The van der Waals surface area contributed by atoms with Gasteiger partial charge in [0, 0.05) is 4.90 Å². The molecule has 1 aromatic carbocycles. The molecule has 0 aromatic heterocycles. The van der Waals surface area contributed by atoms with Crippen molar-refractivity contribution in [3.05, 3.63) is 29.8 Å². The molecule has 0 heterocycles. The molecule has 0 aliphatic rings. The normalized spacial score (nSPS) is 9.00. The van der Waals surface area contributed by atoms with Gasteiger partial charge in [-0.05, 0) is 23.4 Å². The first-order chi connectivity index (χ1) is 7.22. The van der Waals surface area contributed by atoms with E-state index in [4.69, 9.17) is 5.11 Å². The van der Waals surface area contributed by atoms with Gasteiger partial charge in [0.1, 0.15) is 0 Å². The van der Waals surface area contributed by atoms with E-state index >= 15 is 0 Å². The predicted molar refractivity (Wildman–Crippen MR) is 65.5 cm³/mol. The molecule has 1 aromatic rings. The van der Waals surface area contributed by atoms with Gasteiger partial charge in [0.2, 0.25) is 0 Å². The van der Waals surface area contributed by atoms with Crippen LogP contribution in [0.15, 0.2) is 29.2 Å². The Morgan fingerprint density at radius 3 is 2.20 bits per heavy atom. The average molecular weight is 226 g/mol. The van der Waals surface area contributed by atoms with Crippen LogP contribution in [0.2, 0.25) is 0 Å². The van der Waals surface area contributed by atoms with Crippen LogP contribution in [0.3, 0.4) is 0 Å². The summed E-state index contributed by atoms with van der Waals surface area (Å²) in [4.78, 5) is 11.6. The van der Waals surface area contributed by atoms with Crippen molar-refractivity contribution in [1.82, 2.24) is 0 Å². The third-order valence-corrected chi connectivity index (χ3v) is 2.48. The number of carbonyl (C=O) groups is 1. The topological polar surface area (TPSA) is 37.3 Å². The molecular weight excluding hydrogens is 208 g/mol. The second kappa shape index (κ2) is 8.36. The zero-order valence-corrected chi connectivity index (χ0v) is 10.3. The molecule has 84 valence electrons. The van der Waals surface area contributed by atoms with Gasteiger partial charge < -0.3 is 5.11 Å². The van der Waals surface area contributed by atoms with E-state index in [0.29, 0.717) is 0 Å². The summed E-state index contributed by atoms with van der Waals surface area (Å²) < 4.78 is 0. The quantitative estimate of drug-likeness (QED) is 0.799. The van der Waals surface area contributed by atoms with E-state index in [1.165, 1.54) is 4.90 Å². The van der Waals surface area contributed by atoms with Crippen LogP contribution in [-0.2, 0) is 11.2 Å².